The molecular weight excluding hydrogens is 204 g/mol. The van der Waals surface area contributed by atoms with Gasteiger partial charge in [0.15, 0.2) is 0 Å². The zero-order chi connectivity index (χ0) is 12.6. The smallest absolute Gasteiger partial charge is 0.305 e. The number of ketones is 1. The summed E-state index contributed by atoms with van der Waals surface area (Å²) in [6.07, 6.45) is 2.38. The van der Waals surface area contributed by atoms with Gasteiger partial charge < -0.3 is 4.74 Å². The van der Waals surface area contributed by atoms with Gasteiger partial charge in [0.1, 0.15) is 5.78 Å². The Morgan fingerprint density at radius 3 is 2.25 bits per heavy atom. The lowest BCUT2D eigenvalue weighted by atomic mass is 9.95. The number of ether oxygens (including phenoxy) is 1. The first kappa shape index (κ1) is 15.1. The molecule has 0 radical (unpaired) electrons. The highest BCUT2D eigenvalue weighted by molar-refractivity contribution is 5.78. The molecule has 0 saturated carbocycles. The molecule has 1 atom stereocenters. The molecule has 0 heterocycles. The maximum atomic E-state index is 11.5. The fourth-order valence-corrected chi connectivity index (χ4v) is 1.63. The molecule has 0 aliphatic carbocycles. The van der Waals surface area contributed by atoms with Crippen LogP contribution in [-0.4, -0.2) is 18.4 Å². The predicted molar refractivity (Wildman–Crippen MR) is 64.1 cm³/mol. The molecule has 94 valence electrons. The molecule has 1 unspecified atom stereocenters. The van der Waals surface area contributed by atoms with E-state index in [2.05, 4.69) is 0 Å². The van der Waals surface area contributed by atoms with Gasteiger partial charge in [0.05, 0.1) is 6.61 Å². The van der Waals surface area contributed by atoms with Crippen LogP contribution >= 0.6 is 0 Å². The van der Waals surface area contributed by atoms with Gasteiger partial charge >= 0.3 is 5.97 Å². The Morgan fingerprint density at radius 2 is 1.75 bits per heavy atom. The molecular formula is C13H24O3. The third-order valence-corrected chi connectivity index (χ3v) is 2.36. The van der Waals surface area contributed by atoms with Crippen molar-refractivity contribution < 1.29 is 14.3 Å². The molecule has 0 N–H and O–H groups in total. The zero-order valence-electron chi connectivity index (χ0n) is 10.9. The standard InChI is InChI=1S/C13H24O3/c1-5-16-13(15)7-6-11(4)9-12(14)8-10(2)3/h10-11H,5-9H2,1-4H3. The van der Waals surface area contributed by atoms with Crippen molar-refractivity contribution >= 4 is 11.8 Å². The van der Waals surface area contributed by atoms with E-state index >= 15 is 0 Å². The van der Waals surface area contributed by atoms with Crippen LogP contribution in [-0.2, 0) is 14.3 Å². The van der Waals surface area contributed by atoms with E-state index < -0.39 is 0 Å². The van der Waals surface area contributed by atoms with Crippen molar-refractivity contribution in [3.8, 4) is 0 Å². The lowest BCUT2D eigenvalue weighted by Crippen LogP contribution is -2.11. The molecule has 0 aromatic heterocycles. The van der Waals surface area contributed by atoms with Crippen molar-refractivity contribution in [1.82, 2.24) is 0 Å². The van der Waals surface area contributed by atoms with Gasteiger partial charge in [-0.2, -0.15) is 0 Å². The Kier molecular flexibility index (Phi) is 7.86. The van der Waals surface area contributed by atoms with Gasteiger partial charge in [-0.1, -0.05) is 20.8 Å². The molecule has 0 amide bonds. The van der Waals surface area contributed by atoms with Crippen LogP contribution in [0.4, 0.5) is 0 Å². The zero-order valence-corrected chi connectivity index (χ0v) is 10.9. The average Bonchev–Trinajstić information content (AvgIpc) is 2.13. The van der Waals surface area contributed by atoms with Crippen LogP contribution in [0.15, 0.2) is 0 Å². The number of Topliss-reactive ketones (excluding diaryl/α,β-unsaturated/α-hetero) is 1. The van der Waals surface area contributed by atoms with Crippen LogP contribution < -0.4 is 0 Å². The van der Waals surface area contributed by atoms with Crippen LogP contribution in [0.3, 0.4) is 0 Å². The largest absolute Gasteiger partial charge is 0.466 e. The Balaban J connectivity index is 3.69. The fourth-order valence-electron chi connectivity index (χ4n) is 1.63. The summed E-state index contributed by atoms with van der Waals surface area (Å²) < 4.78 is 4.84. The lowest BCUT2D eigenvalue weighted by molar-refractivity contribution is -0.143. The maximum absolute atomic E-state index is 11.5. The van der Waals surface area contributed by atoms with Gasteiger partial charge in [-0.3, -0.25) is 9.59 Å². The second kappa shape index (κ2) is 8.31. The molecule has 0 saturated heterocycles. The summed E-state index contributed by atoms with van der Waals surface area (Å²) in [5, 5.41) is 0. The Morgan fingerprint density at radius 1 is 1.12 bits per heavy atom. The molecule has 0 aliphatic rings. The average molecular weight is 228 g/mol. The van der Waals surface area contributed by atoms with E-state index in [-0.39, 0.29) is 11.9 Å². The van der Waals surface area contributed by atoms with Crippen LogP contribution in [0, 0.1) is 11.8 Å². The van der Waals surface area contributed by atoms with E-state index in [1.807, 2.05) is 20.8 Å². The topological polar surface area (TPSA) is 43.4 Å². The summed E-state index contributed by atoms with van der Waals surface area (Å²) in [6, 6.07) is 0. The molecule has 0 aromatic carbocycles. The number of carbonyl (C=O) groups is 2. The number of esters is 1. The molecule has 0 aromatic rings. The summed E-state index contributed by atoms with van der Waals surface area (Å²) in [5.41, 5.74) is 0. The summed E-state index contributed by atoms with van der Waals surface area (Å²) in [5.74, 6) is 0.831. The van der Waals surface area contributed by atoms with Crippen LogP contribution in [0.2, 0.25) is 0 Å². The van der Waals surface area contributed by atoms with Crippen molar-refractivity contribution in [2.24, 2.45) is 11.8 Å². The Hall–Kier alpha value is -0.860. The van der Waals surface area contributed by atoms with E-state index in [1.54, 1.807) is 6.92 Å². The monoisotopic (exact) mass is 228 g/mol. The quantitative estimate of drug-likeness (QED) is 0.600. The molecule has 0 fully saturated rings. The maximum Gasteiger partial charge on any atom is 0.305 e. The third-order valence-electron chi connectivity index (χ3n) is 2.36. The normalized spacial score (nSPS) is 12.6. The van der Waals surface area contributed by atoms with Gasteiger partial charge in [-0.15, -0.1) is 0 Å². The molecule has 16 heavy (non-hydrogen) atoms. The Labute approximate surface area is 98.6 Å². The van der Waals surface area contributed by atoms with E-state index in [0.29, 0.717) is 37.6 Å². The van der Waals surface area contributed by atoms with Gasteiger partial charge in [-0.25, -0.2) is 0 Å². The molecule has 0 rings (SSSR count). The van der Waals surface area contributed by atoms with Gasteiger partial charge in [0.2, 0.25) is 0 Å². The van der Waals surface area contributed by atoms with Gasteiger partial charge in [0.25, 0.3) is 0 Å². The van der Waals surface area contributed by atoms with Crippen molar-refractivity contribution in [1.29, 1.82) is 0 Å². The molecule has 0 spiro atoms. The molecule has 3 heteroatoms. The summed E-state index contributed by atoms with van der Waals surface area (Å²) in [6.45, 7) is 8.33. The molecule has 0 bridgehead atoms. The number of carbonyl (C=O) groups excluding carboxylic acids is 2. The van der Waals surface area contributed by atoms with E-state index in [1.165, 1.54) is 0 Å². The SMILES string of the molecule is CCOC(=O)CCC(C)CC(=O)CC(C)C. The number of hydrogen-bond acceptors (Lipinski definition) is 3. The molecule has 3 nitrogen and oxygen atoms in total. The highest BCUT2D eigenvalue weighted by Crippen LogP contribution is 2.14. The molecule has 0 aliphatic heterocycles. The van der Waals surface area contributed by atoms with Crippen LogP contribution in [0.25, 0.3) is 0 Å². The van der Waals surface area contributed by atoms with Crippen molar-refractivity contribution in [2.45, 2.75) is 53.4 Å². The number of rotatable bonds is 8. The van der Waals surface area contributed by atoms with Gasteiger partial charge in [0, 0.05) is 19.3 Å². The first-order valence-corrected chi connectivity index (χ1v) is 6.13. The van der Waals surface area contributed by atoms with E-state index in [4.69, 9.17) is 4.74 Å². The van der Waals surface area contributed by atoms with Crippen LogP contribution in [0.1, 0.15) is 53.4 Å². The van der Waals surface area contributed by atoms with Gasteiger partial charge in [-0.05, 0) is 25.2 Å². The minimum Gasteiger partial charge on any atom is -0.466 e. The second-order valence-electron chi connectivity index (χ2n) is 4.79. The first-order chi connectivity index (χ1) is 7.45. The fraction of sp³-hybridized carbons (Fsp3) is 0.846. The minimum absolute atomic E-state index is 0.161. The number of hydrogen-bond donors (Lipinski definition) is 0. The van der Waals surface area contributed by atoms with E-state index in [0.717, 1.165) is 6.42 Å². The third kappa shape index (κ3) is 8.45. The Bertz CT molecular complexity index is 221. The lowest BCUT2D eigenvalue weighted by Gasteiger charge is -2.11. The van der Waals surface area contributed by atoms with Crippen LogP contribution in [0.5, 0.6) is 0 Å². The summed E-state index contributed by atoms with van der Waals surface area (Å²) in [4.78, 5) is 22.6. The predicted octanol–water partition coefficient (Wildman–Crippen LogP) is 2.97. The minimum atomic E-state index is -0.161. The summed E-state index contributed by atoms with van der Waals surface area (Å²) in [7, 11) is 0. The van der Waals surface area contributed by atoms with E-state index in [9.17, 15) is 9.59 Å². The van der Waals surface area contributed by atoms with Crippen molar-refractivity contribution in [2.75, 3.05) is 6.61 Å². The highest BCUT2D eigenvalue weighted by atomic mass is 16.5. The van der Waals surface area contributed by atoms with Crippen molar-refractivity contribution in [3.05, 3.63) is 0 Å². The second-order valence-corrected chi connectivity index (χ2v) is 4.79. The van der Waals surface area contributed by atoms with Crippen molar-refractivity contribution in [3.63, 3.8) is 0 Å². The highest BCUT2D eigenvalue weighted by Gasteiger charge is 2.12. The first-order valence-electron chi connectivity index (χ1n) is 6.13. The summed E-state index contributed by atoms with van der Waals surface area (Å²) >= 11 is 0.